The molecular formula is C7H6N6O3. The number of anilines is 1. The molecule has 82 valence electrons. The largest absolute Gasteiger partial charge is 0.477 e. The van der Waals surface area contributed by atoms with Gasteiger partial charge >= 0.3 is 5.97 Å². The van der Waals surface area contributed by atoms with Crippen LogP contribution < -0.4 is 5.32 Å². The van der Waals surface area contributed by atoms with Crippen LogP contribution in [0, 0.1) is 0 Å². The summed E-state index contributed by atoms with van der Waals surface area (Å²) >= 11 is 0. The molecule has 9 nitrogen and oxygen atoms in total. The Balaban J connectivity index is 2.09. The van der Waals surface area contributed by atoms with Gasteiger partial charge in [0, 0.05) is 6.07 Å². The zero-order valence-electron chi connectivity index (χ0n) is 7.76. The number of nitrogens with one attached hydrogen (secondary N) is 3. The number of hydrogen-bond donors (Lipinski definition) is 4. The molecule has 4 N–H and O–H groups in total. The van der Waals surface area contributed by atoms with E-state index in [-0.39, 0.29) is 17.2 Å². The lowest BCUT2D eigenvalue weighted by Crippen LogP contribution is -2.12. The van der Waals surface area contributed by atoms with E-state index < -0.39 is 11.9 Å². The van der Waals surface area contributed by atoms with Crippen LogP contribution in [0.1, 0.15) is 21.0 Å². The minimum atomic E-state index is -1.16. The Labute approximate surface area is 87.9 Å². The van der Waals surface area contributed by atoms with E-state index in [4.69, 9.17) is 5.11 Å². The normalized spacial score (nSPS) is 10.0. The van der Waals surface area contributed by atoms with Crippen molar-refractivity contribution in [3.05, 3.63) is 23.7 Å². The molecule has 1 amide bonds. The Bertz CT molecular complexity index is 516. The summed E-state index contributed by atoms with van der Waals surface area (Å²) in [4.78, 5) is 21.9. The molecule has 0 saturated carbocycles. The molecule has 0 radical (unpaired) electrons. The molecule has 2 heterocycles. The van der Waals surface area contributed by atoms with Gasteiger partial charge in [0.2, 0.25) is 0 Å². The highest BCUT2D eigenvalue weighted by Crippen LogP contribution is 2.06. The minimum Gasteiger partial charge on any atom is -0.477 e. The number of carbonyl (C=O) groups excluding carboxylic acids is 1. The van der Waals surface area contributed by atoms with Crippen molar-refractivity contribution in [3.8, 4) is 0 Å². The Morgan fingerprint density at radius 1 is 1.38 bits per heavy atom. The number of amides is 1. The number of nitrogens with zero attached hydrogens (tertiary/aromatic N) is 3. The predicted octanol–water partition coefficient (Wildman–Crippen LogP) is -0.522. The first-order valence-corrected chi connectivity index (χ1v) is 4.12. The number of carbonyl (C=O) groups is 2. The Hall–Kier alpha value is -2.71. The maximum Gasteiger partial charge on any atom is 0.353 e. The maximum absolute atomic E-state index is 11.4. The quantitative estimate of drug-likeness (QED) is 0.551. The fourth-order valence-electron chi connectivity index (χ4n) is 0.987. The summed E-state index contributed by atoms with van der Waals surface area (Å²) in [5.41, 5.74) is -0.0321. The zero-order valence-corrected chi connectivity index (χ0v) is 7.76. The first-order valence-electron chi connectivity index (χ1n) is 4.12. The molecule has 2 aromatic rings. The van der Waals surface area contributed by atoms with Gasteiger partial charge in [-0.3, -0.25) is 9.89 Å². The number of carboxylic acids is 1. The summed E-state index contributed by atoms with van der Waals surface area (Å²) in [5.74, 6) is -1.59. The monoisotopic (exact) mass is 222 g/mol. The van der Waals surface area contributed by atoms with Crippen LogP contribution in [0.15, 0.2) is 12.3 Å². The molecular weight excluding hydrogens is 216 g/mol. The summed E-state index contributed by atoms with van der Waals surface area (Å²) in [5, 5.41) is 26.1. The fraction of sp³-hybridized carbons (Fsp3) is 0. The predicted molar refractivity (Wildman–Crippen MR) is 49.9 cm³/mol. The smallest absolute Gasteiger partial charge is 0.353 e. The van der Waals surface area contributed by atoms with E-state index >= 15 is 0 Å². The second kappa shape index (κ2) is 3.81. The first-order chi connectivity index (χ1) is 7.66. The summed E-state index contributed by atoms with van der Waals surface area (Å²) < 4.78 is 0. The van der Waals surface area contributed by atoms with Gasteiger partial charge in [-0.1, -0.05) is 0 Å². The number of aromatic amines is 2. The summed E-state index contributed by atoms with van der Waals surface area (Å²) in [6.07, 6.45) is 1.24. The molecule has 0 atom stereocenters. The average Bonchev–Trinajstić information content (AvgIpc) is 2.87. The van der Waals surface area contributed by atoms with Gasteiger partial charge < -0.3 is 10.4 Å². The molecule has 0 aliphatic heterocycles. The lowest BCUT2D eigenvalue weighted by Gasteiger charge is -1.95. The molecule has 0 unspecified atom stereocenters. The van der Waals surface area contributed by atoms with Gasteiger partial charge in [-0.05, 0) is 0 Å². The Kier molecular flexibility index (Phi) is 2.34. The third-order valence-corrected chi connectivity index (χ3v) is 1.70. The highest BCUT2D eigenvalue weighted by Gasteiger charge is 2.12. The third-order valence-electron chi connectivity index (χ3n) is 1.70. The molecule has 0 aliphatic carbocycles. The van der Waals surface area contributed by atoms with Crippen LogP contribution in [0.3, 0.4) is 0 Å². The summed E-state index contributed by atoms with van der Waals surface area (Å²) in [7, 11) is 0. The third kappa shape index (κ3) is 1.87. The number of aromatic nitrogens is 5. The van der Waals surface area contributed by atoms with E-state index in [0.29, 0.717) is 0 Å². The summed E-state index contributed by atoms with van der Waals surface area (Å²) in [6, 6.07) is 1.19. The van der Waals surface area contributed by atoms with Crippen LogP contribution in [0.5, 0.6) is 0 Å². The fourth-order valence-corrected chi connectivity index (χ4v) is 0.987. The van der Waals surface area contributed by atoms with E-state index in [1.54, 1.807) is 0 Å². The molecule has 2 aromatic heterocycles. The van der Waals surface area contributed by atoms with Gasteiger partial charge in [0.1, 0.15) is 5.69 Å². The van der Waals surface area contributed by atoms with Crippen molar-refractivity contribution in [1.29, 1.82) is 0 Å². The van der Waals surface area contributed by atoms with Crippen molar-refractivity contribution in [2.24, 2.45) is 0 Å². The number of H-pyrrole nitrogens is 2. The van der Waals surface area contributed by atoms with Crippen molar-refractivity contribution in [2.75, 3.05) is 5.32 Å². The minimum absolute atomic E-state index is 0.0832. The Morgan fingerprint density at radius 2 is 2.19 bits per heavy atom. The highest BCUT2D eigenvalue weighted by atomic mass is 16.4. The Morgan fingerprint density at radius 3 is 2.75 bits per heavy atom. The molecule has 0 fully saturated rings. The standard InChI is InChI=1S/C7H6N6O3/c14-6(4-2-8-13-11-4)9-5-1-3(7(15)16)10-12-5/h1-2H,(H,15,16)(H,8,11,13)(H2,9,10,12,14). The highest BCUT2D eigenvalue weighted by molar-refractivity contribution is 6.02. The molecule has 2 rings (SSSR count). The van der Waals surface area contributed by atoms with Gasteiger partial charge in [0.15, 0.2) is 11.5 Å². The van der Waals surface area contributed by atoms with Gasteiger partial charge in [-0.2, -0.15) is 20.5 Å². The van der Waals surface area contributed by atoms with Crippen molar-refractivity contribution >= 4 is 17.7 Å². The van der Waals surface area contributed by atoms with E-state index in [0.717, 1.165) is 0 Å². The number of aromatic carboxylic acids is 1. The zero-order chi connectivity index (χ0) is 11.5. The van der Waals surface area contributed by atoms with Crippen LogP contribution >= 0.6 is 0 Å². The molecule has 0 bridgehead atoms. The lowest BCUT2D eigenvalue weighted by molar-refractivity contribution is 0.0690. The van der Waals surface area contributed by atoms with Crippen molar-refractivity contribution in [2.45, 2.75) is 0 Å². The van der Waals surface area contributed by atoms with Crippen molar-refractivity contribution in [1.82, 2.24) is 25.6 Å². The van der Waals surface area contributed by atoms with Crippen LogP contribution in [0.2, 0.25) is 0 Å². The molecule has 0 aromatic carbocycles. The number of rotatable bonds is 3. The van der Waals surface area contributed by atoms with Gasteiger partial charge in [-0.25, -0.2) is 4.79 Å². The maximum atomic E-state index is 11.4. The van der Waals surface area contributed by atoms with Gasteiger partial charge in [-0.15, -0.1) is 0 Å². The second-order valence-corrected chi connectivity index (χ2v) is 2.78. The lowest BCUT2D eigenvalue weighted by atomic mass is 10.4. The van der Waals surface area contributed by atoms with Crippen LogP contribution in [-0.4, -0.2) is 42.6 Å². The van der Waals surface area contributed by atoms with Gasteiger partial charge in [0.05, 0.1) is 6.20 Å². The SMILES string of the molecule is O=C(Nc1cc(C(=O)O)[nH]n1)c1cn[nH]n1. The molecule has 0 spiro atoms. The molecule has 0 saturated heterocycles. The number of hydrogen-bond acceptors (Lipinski definition) is 5. The van der Waals surface area contributed by atoms with E-state index in [2.05, 4.69) is 30.9 Å². The van der Waals surface area contributed by atoms with Crippen LogP contribution in [0.25, 0.3) is 0 Å². The van der Waals surface area contributed by atoms with Gasteiger partial charge in [0.25, 0.3) is 5.91 Å². The summed E-state index contributed by atoms with van der Waals surface area (Å²) in [6.45, 7) is 0. The topological polar surface area (TPSA) is 137 Å². The molecule has 9 heteroatoms. The van der Waals surface area contributed by atoms with E-state index in [9.17, 15) is 9.59 Å². The average molecular weight is 222 g/mol. The molecule has 0 aliphatic rings. The van der Waals surface area contributed by atoms with Crippen LogP contribution in [0.4, 0.5) is 5.82 Å². The number of carboxylic acid groups (broad SMARTS) is 1. The first kappa shape index (κ1) is 9.83. The van der Waals surface area contributed by atoms with Crippen molar-refractivity contribution < 1.29 is 14.7 Å². The van der Waals surface area contributed by atoms with E-state index in [1.807, 2.05) is 0 Å². The van der Waals surface area contributed by atoms with Crippen molar-refractivity contribution in [3.63, 3.8) is 0 Å². The van der Waals surface area contributed by atoms with E-state index in [1.165, 1.54) is 12.3 Å². The molecule has 16 heavy (non-hydrogen) atoms. The van der Waals surface area contributed by atoms with Crippen LogP contribution in [-0.2, 0) is 0 Å². The second-order valence-electron chi connectivity index (χ2n) is 2.78.